The summed E-state index contributed by atoms with van der Waals surface area (Å²) in [6.07, 6.45) is -1.43. The number of ether oxygens (including phenoxy) is 1. The van der Waals surface area contributed by atoms with Crippen molar-refractivity contribution in [3.05, 3.63) is 0 Å². The first-order chi connectivity index (χ1) is 7.62. The smallest absolute Gasteiger partial charge is 0.377 e. The number of nitrogens with one attached hydrogen (secondary N) is 1. The number of hydrogen-bond donors (Lipinski definition) is 2. The van der Waals surface area contributed by atoms with Crippen LogP contribution in [0.4, 0.5) is 8.78 Å². The summed E-state index contributed by atoms with van der Waals surface area (Å²) in [5.41, 5.74) is 4.43. The molecular formula is C10H16F2N2O3. The maximum Gasteiger partial charge on any atom is 0.377 e. The number of carbonyl (C=O) groups is 2. The summed E-state index contributed by atoms with van der Waals surface area (Å²) < 4.78 is 30.2. The van der Waals surface area contributed by atoms with Crippen LogP contribution in [0.3, 0.4) is 0 Å². The fourth-order valence-electron chi connectivity index (χ4n) is 1.65. The van der Waals surface area contributed by atoms with Crippen LogP contribution < -0.4 is 11.1 Å². The second-order valence-corrected chi connectivity index (χ2v) is 4.84. The van der Waals surface area contributed by atoms with Crippen LogP contribution in [0.25, 0.3) is 0 Å². The number of alkyl halides is 2. The zero-order chi connectivity index (χ0) is 13.3. The molecule has 0 aliphatic carbocycles. The molecule has 7 heteroatoms. The van der Waals surface area contributed by atoms with E-state index in [1.54, 1.807) is 13.8 Å². The molecule has 0 saturated carbocycles. The van der Waals surface area contributed by atoms with Gasteiger partial charge in [-0.05, 0) is 13.8 Å². The minimum absolute atomic E-state index is 0.0710. The van der Waals surface area contributed by atoms with Crippen LogP contribution in [-0.2, 0) is 14.3 Å². The molecule has 0 spiro atoms. The van der Waals surface area contributed by atoms with E-state index >= 15 is 0 Å². The van der Waals surface area contributed by atoms with Crippen molar-refractivity contribution >= 4 is 11.9 Å². The Kier molecular flexibility index (Phi) is 3.71. The Morgan fingerprint density at radius 1 is 1.65 bits per heavy atom. The fraction of sp³-hybridized carbons (Fsp3) is 0.800. The highest BCUT2D eigenvalue weighted by Crippen LogP contribution is 2.30. The van der Waals surface area contributed by atoms with E-state index in [-0.39, 0.29) is 13.0 Å². The lowest BCUT2D eigenvalue weighted by Gasteiger charge is -2.26. The first kappa shape index (κ1) is 13.8. The van der Waals surface area contributed by atoms with Crippen molar-refractivity contribution in [2.24, 2.45) is 5.73 Å². The maximum absolute atomic E-state index is 12.8. The van der Waals surface area contributed by atoms with Crippen LogP contribution in [0, 0.1) is 0 Å². The highest BCUT2D eigenvalue weighted by Gasteiger charge is 2.50. The molecule has 3 N–H and O–H groups in total. The predicted octanol–water partition coefficient (Wildman–Crippen LogP) is 0.181. The predicted molar refractivity (Wildman–Crippen MR) is 55.3 cm³/mol. The third-order valence-electron chi connectivity index (χ3n) is 2.48. The molecular weight excluding hydrogens is 234 g/mol. The van der Waals surface area contributed by atoms with E-state index in [1.165, 1.54) is 0 Å². The number of hydrogen-bond acceptors (Lipinski definition) is 4. The Labute approximate surface area is 97.7 Å². The van der Waals surface area contributed by atoms with Gasteiger partial charge in [-0.3, -0.25) is 4.79 Å². The molecule has 0 aromatic rings. The molecule has 0 aromatic heterocycles. The van der Waals surface area contributed by atoms with E-state index < -0.39 is 35.9 Å². The van der Waals surface area contributed by atoms with Gasteiger partial charge in [-0.1, -0.05) is 0 Å². The number of carbonyl (C=O) groups excluding carboxylic acids is 2. The molecule has 0 bridgehead atoms. The van der Waals surface area contributed by atoms with Crippen molar-refractivity contribution in [3.63, 3.8) is 0 Å². The number of primary amides is 1. The van der Waals surface area contributed by atoms with Gasteiger partial charge in [0, 0.05) is 18.5 Å². The van der Waals surface area contributed by atoms with Crippen LogP contribution in [0.1, 0.15) is 26.7 Å². The molecule has 1 atom stereocenters. The number of amides is 1. The largest absolute Gasteiger partial charge is 0.456 e. The standard InChI is InChI=1S/C10H16F2N2O3/c1-9(2,4-7(13)15)14-5-6-3-10(11,12)8(16)17-6/h6,14H,3-5H2,1-2H3,(H2,13,15). The van der Waals surface area contributed by atoms with Gasteiger partial charge in [-0.15, -0.1) is 0 Å². The Morgan fingerprint density at radius 3 is 2.65 bits per heavy atom. The van der Waals surface area contributed by atoms with Gasteiger partial charge in [-0.25, -0.2) is 4.79 Å². The molecule has 1 aliphatic heterocycles. The topological polar surface area (TPSA) is 81.4 Å². The summed E-state index contributed by atoms with van der Waals surface area (Å²) >= 11 is 0. The lowest BCUT2D eigenvalue weighted by atomic mass is 10.00. The zero-order valence-corrected chi connectivity index (χ0v) is 9.76. The quantitative estimate of drug-likeness (QED) is 0.682. The second kappa shape index (κ2) is 4.56. The average Bonchev–Trinajstić information content (AvgIpc) is 2.36. The van der Waals surface area contributed by atoms with E-state index in [9.17, 15) is 18.4 Å². The van der Waals surface area contributed by atoms with Crippen molar-refractivity contribution in [3.8, 4) is 0 Å². The Balaban J connectivity index is 2.42. The first-order valence-electron chi connectivity index (χ1n) is 5.25. The molecule has 1 saturated heterocycles. The minimum atomic E-state index is -3.40. The molecule has 17 heavy (non-hydrogen) atoms. The van der Waals surface area contributed by atoms with Gasteiger partial charge in [0.1, 0.15) is 6.10 Å². The molecule has 1 heterocycles. The van der Waals surface area contributed by atoms with Crippen molar-refractivity contribution in [1.82, 2.24) is 5.32 Å². The monoisotopic (exact) mass is 250 g/mol. The van der Waals surface area contributed by atoms with Crippen molar-refractivity contribution in [1.29, 1.82) is 0 Å². The van der Waals surface area contributed by atoms with Gasteiger partial charge in [0.05, 0.1) is 6.42 Å². The van der Waals surface area contributed by atoms with Crippen molar-refractivity contribution in [2.75, 3.05) is 6.54 Å². The maximum atomic E-state index is 12.8. The molecule has 1 rings (SSSR count). The van der Waals surface area contributed by atoms with E-state index in [4.69, 9.17) is 5.73 Å². The minimum Gasteiger partial charge on any atom is -0.456 e. The van der Waals surface area contributed by atoms with Gasteiger partial charge < -0.3 is 15.8 Å². The molecule has 0 radical (unpaired) electrons. The summed E-state index contributed by atoms with van der Waals surface area (Å²) in [5, 5.41) is 2.88. The third kappa shape index (κ3) is 3.92. The number of halogens is 2. The third-order valence-corrected chi connectivity index (χ3v) is 2.48. The van der Waals surface area contributed by atoms with E-state index in [2.05, 4.69) is 10.1 Å². The summed E-state index contributed by atoms with van der Waals surface area (Å²) in [6.45, 7) is 3.50. The number of nitrogens with two attached hydrogens (primary N) is 1. The number of esters is 1. The van der Waals surface area contributed by atoms with Gasteiger partial charge in [0.2, 0.25) is 5.91 Å². The van der Waals surface area contributed by atoms with E-state index in [1.807, 2.05) is 0 Å². The van der Waals surface area contributed by atoms with Crippen molar-refractivity contribution < 1.29 is 23.1 Å². The molecule has 98 valence electrons. The zero-order valence-electron chi connectivity index (χ0n) is 9.76. The molecule has 0 aromatic carbocycles. The normalized spacial score (nSPS) is 23.5. The Morgan fingerprint density at radius 2 is 2.24 bits per heavy atom. The van der Waals surface area contributed by atoms with Gasteiger partial charge in [-0.2, -0.15) is 8.78 Å². The average molecular weight is 250 g/mol. The highest BCUT2D eigenvalue weighted by molar-refractivity contribution is 5.79. The van der Waals surface area contributed by atoms with Gasteiger partial charge >= 0.3 is 11.9 Å². The van der Waals surface area contributed by atoms with Crippen LogP contribution in [0.2, 0.25) is 0 Å². The van der Waals surface area contributed by atoms with Crippen molar-refractivity contribution in [2.45, 2.75) is 44.3 Å². The summed E-state index contributed by atoms with van der Waals surface area (Å²) in [4.78, 5) is 21.5. The summed E-state index contributed by atoms with van der Waals surface area (Å²) in [5.74, 6) is -5.38. The van der Waals surface area contributed by atoms with Crippen LogP contribution in [-0.4, -0.2) is 36.0 Å². The van der Waals surface area contributed by atoms with Crippen LogP contribution in [0.5, 0.6) is 0 Å². The highest BCUT2D eigenvalue weighted by atomic mass is 19.3. The summed E-state index contributed by atoms with van der Waals surface area (Å²) in [6, 6.07) is 0. The number of cyclic esters (lactones) is 1. The SMILES string of the molecule is CC(C)(CC(N)=O)NCC1CC(F)(F)C(=O)O1. The van der Waals surface area contributed by atoms with Crippen LogP contribution in [0.15, 0.2) is 0 Å². The van der Waals surface area contributed by atoms with Gasteiger partial charge in [0.25, 0.3) is 0 Å². The molecule has 1 fully saturated rings. The Bertz CT molecular complexity index is 332. The Hall–Kier alpha value is -1.24. The molecule has 5 nitrogen and oxygen atoms in total. The fourth-order valence-corrected chi connectivity index (χ4v) is 1.65. The van der Waals surface area contributed by atoms with E-state index in [0.717, 1.165) is 0 Å². The number of rotatable bonds is 5. The van der Waals surface area contributed by atoms with E-state index in [0.29, 0.717) is 0 Å². The first-order valence-corrected chi connectivity index (χ1v) is 5.25. The second-order valence-electron chi connectivity index (χ2n) is 4.84. The summed E-state index contributed by atoms with van der Waals surface area (Å²) in [7, 11) is 0. The van der Waals surface area contributed by atoms with Crippen LogP contribution >= 0.6 is 0 Å². The molecule has 1 unspecified atom stereocenters. The molecule has 1 aliphatic rings. The van der Waals surface area contributed by atoms with Gasteiger partial charge in [0.15, 0.2) is 0 Å². The molecule has 1 amide bonds. The lowest BCUT2D eigenvalue weighted by Crippen LogP contribution is -2.46. The lowest BCUT2D eigenvalue weighted by molar-refractivity contribution is -0.159.